The van der Waals surface area contributed by atoms with Gasteiger partial charge in [0.1, 0.15) is 4.90 Å². The summed E-state index contributed by atoms with van der Waals surface area (Å²) in [5, 5.41) is 3.79. The van der Waals surface area contributed by atoms with Gasteiger partial charge in [-0.2, -0.15) is 5.10 Å². The number of amides is 1. The van der Waals surface area contributed by atoms with E-state index in [1.54, 1.807) is 0 Å². The van der Waals surface area contributed by atoms with Crippen molar-refractivity contribution >= 4 is 33.2 Å². The average molecular weight is 344 g/mol. The van der Waals surface area contributed by atoms with E-state index < -0.39 is 15.9 Å². The Balaban J connectivity index is 2.43. The Morgan fingerprint density at radius 2 is 2.14 bits per heavy atom. The molecule has 2 rings (SSSR count). The fourth-order valence-corrected chi connectivity index (χ4v) is 2.96. The molecule has 1 amide bonds. The molecular weight excluding hydrogens is 330 g/mol. The number of carbonyl (C=O) groups is 1. The van der Waals surface area contributed by atoms with Crippen molar-refractivity contribution in [3.8, 4) is 0 Å². The number of hydrogen-bond donors (Lipinski definition) is 2. The minimum absolute atomic E-state index is 0.00658. The van der Waals surface area contributed by atoms with Gasteiger partial charge in [0.15, 0.2) is 5.15 Å². The predicted octanol–water partition coefficient (Wildman–Crippen LogP) is 1.41. The van der Waals surface area contributed by atoms with Crippen LogP contribution in [-0.2, 0) is 10.0 Å². The van der Waals surface area contributed by atoms with Crippen LogP contribution in [0.15, 0.2) is 29.6 Å². The molecule has 0 bridgehead atoms. The number of anilines is 1. The molecule has 0 saturated carbocycles. The molecule has 0 unspecified atom stereocenters. The van der Waals surface area contributed by atoms with E-state index >= 15 is 0 Å². The first kappa shape index (κ1) is 16.2. The second-order valence-corrected chi connectivity index (χ2v) is 6.78. The van der Waals surface area contributed by atoms with Gasteiger partial charge in [-0.3, -0.25) is 14.2 Å². The summed E-state index contributed by atoms with van der Waals surface area (Å²) >= 11 is 5.86. The molecule has 0 aliphatic carbocycles. The lowest BCUT2D eigenvalue weighted by Gasteiger charge is -2.10. The minimum atomic E-state index is -3.97. The quantitative estimate of drug-likeness (QED) is 0.795. The van der Waals surface area contributed by atoms with Gasteiger partial charge in [-0.05, 0) is 19.9 Å². The molecule has 0 aromatic carbocycles. The van der Waals surface area contributed by atoms with Gasteiger partial charge in [-0.1, -0.05) is 11.6 Å². The summed E-state index contributed by atoms with van der Waals surface area (Å²) in [7, 11) is -3.97. The summed E-state index contributed by atoms with van der Waals surface area (Å²) in [5.74, 6) is -0.820. The molecule has 2 aromatic heterocycles. The van der Waals surface area contributed by atoms with Crippen LogP contribution in [0.4, 0.5) is 5.69 Å². The molecule has 3 N–H and O–H groups in total. The maximum atomic E-state index is 12.4. The van der Waals surface area contributed by atoms with Crippen molar-refractivity contribution < 1.29 is 13.2 Å². The molecule has 2 aromatic rings. The molecule has 0 atom stereocenters. The lowest BCUT2D eigenvalue weighted by atomic mass is 10.2. The third kappa shape index (κ3) is 3.20. The molecule has 22 heavy (non-hydrogen) atoms. The number of pyridine rings is 1. The van der Waals surface area contributed by atoms with Crippen molar-refractivity contribution in [3.05, 3.63) is 35.4 Å². The highest BCUT2D eigenvalue weighted by molar-refractivity contribution is 7.92. The molecule has 0 aliphatic heterocycles. The number of halogens is 1. The second kappa shape index (κ2) is 5.93. The predicted molar refractivity (Wildman–Crippen MR) is 81.2 cm³/mol. The van der Waals surface area contributed by atoms with E-state index in [1.165, 1.54) is 29.3 Å². The van der Waals surface area contributed by atoms with Gasteiger partial charge in [-0.25, -0.2) is 13.4 Å². The van der Waals surface area contributed by atoms with Crippen LogP contribution in [0.3, 0.4) is 0 Å². The van der Waals surface area contributed by atoms with E-state index in [9.17, 15) is 13.2 Å². The van der Waals surface area contributed by atoms with E-state index in [2.05, 4.69) is 14.8 Å². The van der Waals surface area contributed by atoms with Crippen LogP contribution in [0, 0.1) is 0 Å². The van der Waals surface area contributed by atoms with Gasteiger partial charge in [-0.15, -0.1) is 0 Å². The van der Waals surface area contributed by atoms with Crippen molar-refractivity contribution in [2.75, 3.05) is 4.72 Å². The third-order valence-electron chi connectivity index (χ3n) is 2.82. The van der Waals surface area contributed by atoms with E-state index in [4.69, 9.17) is 17.3 Å². The Kier molecular flexibility index (Phi) is 4.38. The second-order valence-electron chi connectivity index (χ2n) is 4.74. The molecule has 0 fully saturated rings. The molecule has 8 nitrogen and oxygen atoms in total. The van der Waals surface area contributed by atoms with Crippen molar-refractivity contribution in [1.29, 1.82) is 0 Å². The average Bonchev–Trinajstić information content (AvgIpc) is 2.91. The van der Waals surface area contributed by atoms with Gasteiger partial charge < -0.3 is 5.73 Å². The summed E-state index contributed by atoms with van der Waals surface area (Å²) in [6.45, 7) is 3.72. The number of hydrogen-bond acceptors (Lipinski definition) is 5. The van der Waals surface area contributed by atoms with Crippen LogP contribution in [0.1, 0.15) is 30.2 Å². The third-order valence-corrected chi connectivity index (χ3v) is 4.41. The lowest BCUT2D eigenvalue weighted by molar-refractivity contribution is 0.100. The van der Waals surface area contributed by atoms with Crippen LogP contribution >= 0.6 is 11.6 Å². The van der Waals surface area contributed by atoms with Gasteiger partial charge in [0.25, 0.3) is 15.9 Å². The highest BCUT2D eigenvalue weighted by atomic mass is 35.5. The van der Waals surface area contributed by atoms with Crippen molar-refractivity contribution in [2.45, 2.75) is 24.8 Å². The first-order valence-corrected chi connectivity index (χ1v) is 8.09. The van der Waals surface area contributed by atoms with Gasteiger partial charge in [0.05, 0.1) is 17.4 Å². The van der Waals surface area contributed by atoms with Crippen LogP contribution in [-0.4, -0.2) is 29.1 Å². The first-order chi connectivity index (χ1) is 10.2. The van der Waals surface area contributed by atoms with Gasteiger partial charge >= 0.3 is 0 Å². The number of rotatable bonds is 5. The van der Waals surface area contributed by atoms with E-state index in [0.717, 1.165) is 0 Å². The number of nitrogens with one attached hydrogen (secondary N) is 1. The smallest absolute Gasteiger partial charge is 0.265 e. The molecule has 0 radical (unpaired) electrons. The van der Waals surface area contributed by atoms with E-state index in [1.807, 2.05) is 13.8 Å². The molecule has 0 saturated heterocycles. The van der Waals surface area contributed by atoms with Crippen LogP contribution in [0.2, 0.25) is 5.15 Å². The number of nitrogens with two attached hydrogens (primary N) is 1. The minimum Gasteiger partial charge on any atom is -0.366 e. The Morgan fingerprint density at radius 1 is 1.45 bits per heavy atom. The molecule has 0 aliphatic rings. The highest BCUT2D eigenvalue weighted by Gasteiger charge is 2.22. The van der Waals surface area contributed by atoms with Gasteiger partial charge in [0, 0.05) is 18.4 Å². The number of carbonyl (C=O) groups excluding carboxylic acids is 1. The van der Waals surface area contributed by atoms with Crippen molar-refractivity contribution in [2.24, 2.45) is 5.73 Å². The summed E-state index contributed by atoms with van der Waals surface area (Å²) in [6, 6.07) is 1.29. The van der Waals surface area contributed by atoms with Crippen LogP contribution < -0.4 is 10.5 Å². The highest BCUT2D eigenvalue weighted by Crippen LogP contribution is 2.26. The topological polar surface area (TPSA) is 120 Å². The summed E-state index contributed by atoms with van der Waals surface area (Å²) in [5.41, 5.74) is 4.98. The maximum absolute atomic E-state index is 12.4. The molecule has 2 heterocycles. The molecule has 118 valence electrons. The van der Waals surface area contributed by atoms with Crippen molar-refractivity contribution in [3.63, 3.8) is 0 Å². The Bertz CT molecular complexity index is 816. The number of primary amides is 1. The van der Waals surface area contributed by atoms with Crippen LogP contribution in [0.5, 0.6) is 0 Å². The van der Waals surface area contributed by atoms with Gasteiger partial charge in [0.2, 0.25) is 0 Å². The fraction of sp³-hybridized carbons (Fsp3) is 0.250. The van der Waals surface area contributed by atoms with E-state index in [0.29, 0.717) is 0 Å². The normalized spacial score (nSPS) is 11.6. The maximum Gasteiger partial charge on any atom is 0.265 e. The molecule has 10 heteroatoms. The monoisotopic (exact) mass is 343 g/mol. The number of sulfonamides is 1. The zero-order valence-corrected chi connectivity index (χ0v) is 13.4. The summed E-state index contributed by atoms with van der Waals surface area (Å²) in [4.78, 5) is 15.1. The lowest BCUT2D eigenvalue weighted by Crippen LogP contribution is -2.19. The first-order valence-electron chi connectivity index (χ1n) is 6.23. The zero-order chi connectivity index (χ0) is 16.5. The number of aromatic nitrogens is 3. The standard InChI is InChI=1S/C12H14ClN5O3S/c1-7(2)18-6-8(5-16-18)22(20,21)17-10-9(12(14)19)3-4-15-11(10)13/h3-7,17H,1-2H3,(H2,14,19). The Morgan fingerprint density at radius 3 is 2.68 bits per heavy atom. The summed E-state index contributed by atoms with van der Waals surface area (Å²) in [6.07, 6.45) is 3.84. The van der Waals surface area contributed by atoms with Crippen LogP contribution in [0.25, 0.3) is 0 Å². The number of nitrogens with zero attached hydrogens (tertiary/aromatic N) is 3. The molecule has 0 spiro atoms. The zero-order valence-electron chi connectivity index (χ0n) is 11.8. The summed E-state index contributed by atoms with van der Waals surface area (Å²) < 4.78 is 28.4. The Hall–Kier alpha value is -2.13. The largest absolute Gasteiger partial charge is 0.366 e. The van der Waals surface area contributed by atoms with Crippen molar-refractivity contribution in [1.82, 2.24) is 14.8 Å². The fourth-order valence-electron chi connectivity index (χ4n) is 1.67. The SMILES string of the molecule is CC(C)n1cc(S(=O)(=O)Nc2c(C(N)=O)ccnc2Cl)cn1. The van der Waals surface area contributed by atoms with E-state index in [-0.39, 0.29) is 27.3 Å². The molecular formula is C12H14ClN5O3S. The Labute approximate surface area is 132 Å².